The van der Waals surface area contributed by atoms with Gasteiger partial charge in [-0.15, -0.1) is 0 Å². The van der Waals surface area contributed by atoms with E-state index in [2.05, 4.69) is 0 Å². The van der Waals surface area contributed by atoms with Gasteiger partial charge in [-0.05, 0) is 25.0 Å². The van der Waals surface area contributed by atoms with Gasteiger partial charge in [0.15, 0.2) is 5.76 Å². The molecule has 0 aromatic carbocycles. The highest BCUT2D eigenvalue weighted by Gasteiger charge is 2.35. The summed E-state index contributed by atoms with van der Waals surface area (Å²) >= 11 is 0. The van der Waals surface area contributed by atoms with E-state index in [9.17, 15) is 13.2 Å². The van der Waals surface area contributed by atoms with E-state index in [1.165, 1.54) is 14.9 Å². The summed E-state index contributed by atoms with van der Waals surface area (Å²) < 4.78 is 33.0. The fourth-order valence-electron chi connectivity index (χ4n) is 2.76. The van der Waals surface area contributed by atoms with Crippen LogP contribution in [0.1, 0.15) is 23.4 Å². The molecule has 2 aliphatic heterocycles. The van der Waals surface area contributed by atoms with Gasteiger partial charge >= 0.3 is 0 Å². The minimum Gasteiger partial charge on any atom is -0.459 e. The van der Waals surface area contributed by atoms with Crippen molar-refractivity contribution in [3.05, 3.63) is 24.2 Å². The number of nitrogens with zero attached hydrogens (tertiary/aromatic N) is 3. The molecular weight excluding hydrogens is 294 g/mol. The van der Waals surface area contributed by atoms with Crippen LogP contribution in [0, 0.1) is 0 Å². The number of piperazine rings is 1. The minimum atomic E-state index is -3.36. The van der Waals surface area contributed by atoms with E-state index < -0.39 is 10.2 Å². The van der Waals surface area contributed by atoms with Crippen LogP contribution in [0.3, 0.4) is 0 Å². The molecular formula is C13H19N3O4S. The SMILES string of the molecule is O=C(c1ccco1)N1CCN(S(=O)(=O)N2CCCC2)CC1. The van der Waals surface area contributed by atoms with Crippen LogP contribution in [0.15, 0.2) is 22.8 Å². The highest BCUT2D eigenvalue weighted by atomic mass is 32.2. The molecule has 8 heteroatoms. The summed E-state index contributed by atoms with van der Waals surface area (Å²) in [5.41, 5.74) is 0. The second kappa shape index (κ2) is 5.78. The second-order valence-corrected chi connectivity index (χ2v) is 7.21. The van der Waals surface area contributed by atoms with Gasteiger partial charge in [0, 0.05) is 39.3 Å². The molecule has 0 N–H and O–H groups in total. The highest BCUT2D eigenvalue weighted by molar-refractivity contribution is 7.86. The molecule has 2 saturated heterocycles. The first-order valence-corrected chi connectivity index (χ1v) is 8.57. The molecule has 0 radical (unpaired) electrons. The largest absolute Gasteiger partial charge is 0.459 e. The maximum atomic E-state index is 12.4. The van der Waals surface area contributed by atoms with Crippen LogP contribution in [-0.4, -0.2) is 67.1 Å². The van der Waals surface area contributed by atoms with Gasteiger partial charge in [0.05, 0.1) is 6.26 Å². The predicted octanol–water partition coefficient (Wildman–Crippen LogP) is 0.378. The fourth-order valence-corrected chi connectivity index (χ4v) is 4.43. The zero-order chi connectivity index (χ0) is 14.9. The maximum Gasteiger partial charge on any atom is 0.289 e. The molecule has 2 aliphatic rings. The van der Waals surface area contributed by atoms with Gasteiger partial charge in [0.25, 0.3) is 16.1 Å². The normalized spacial score (nSPS) is 21.8. The van der Waals surface area contributed by atoms with Gasteiger partial charge in [0.1, 0.15) is 0 Å². The number of carbonyl (C=O) groups excluding carboxylic acids is 1. The summed E-state index contributed by atoms with van der Waals surface area (Å²) in [5, 5.41) is 0. The molecule has 21 heavy (non-hydrogen) atoms. The topological polar surface area (TPSA) is 74.1 Å². The molecule has 3 heterocycles. The van der Waals surface area contributed by atoms with E-state index in [0.29, 0.717) is 45.0 Å². The minimum absolute atomic E-state index is 0.182. The smallest absolute Gasteiger partial charge is 0.289 e. The van der Waals surface area contributed by atoms with Crippen LogP contribution in [0.4, 0.5) is 0 Å². The maximum absolute atomic E-state index is 12.4. The molecule has 0 unspecified atom stereocenters. The van der Waals surface area contributed by atoms with Crippen molar-refractivity contribution in [3.63, 3.8) is 0 Å². The summed E-state index contributed by atoms with van der Waals surface area (Å²) in [6.45, 7) is 2.68. The van der Waals surface area contributed by atoms with Crippen LogP contribution in [0.25, 0.3) is 0 Å². The van der Waals surface area contributed by atoms with Crippen molar-refractivity contribution < 1.29 is 17.6 Å². The quantitative estimate of drug-likeness (QED) is 0.808. The zero-order valence-electron chi connectivity index (χ0n) is 11.8. The molecule has 1 aromatic rings. The summed E-state index contributed by atoms with van der Waals surface area (Å²) in [4.78, 5) is 13.8. The van der Waals surface area contributed by atoms with E-state index in [0.717, 1.165) is 12.8 Å². The summed E-state index contributed by atoms with van der Waals surface area (Å²) in [7, 11) is -3.36. The Kier molecular flexibility index (Phi) is 4.01. The first-order chi connectivity index (χ1) is 10.1. The fraction of sp³-hybridized carbons (Fsp3) is 0.615. The number of hydrogen-bond acceptors (Lipinski definition) is 4. The van der Waals surface area contributed by atoms with Crippen molar-refractivity contribution in [2.45, 2.75) is 12.8 Å². The van der Waals surface area contributed by atoms with Crippen molar-refractivity contribution in [1.29, 1.82) is 0 Å². The molecule has 0 atom stereocenters. The lowest BCUT2D eigenvalue weighted by molar-refractivity contribution is 0.0662. The van der Waals surface area contributed by atoms with E-state index in [-0.39, 0.29) is 5.91 Å². The van der Waals surface area contributed by atoms with Gasteiger partial charge in [-0.2, -0.15) is 17.0 Å². The Balaban J connectivity index is 1.61. The monoisotopic (exact) mass is 313 g/mol. The Labute approximate surface area is 124 Å². The molecule has 2 fully saturated rings. The molecule has 0 saturated carbocycles. The van der Waals surface area contributed by atoms with E-state index >= 15 is 0 Å². The van der Waals surface area contributed by atoms with E-state index in [1.54, 1.807) is 17.0 Å². The second-order valence-electron chi connectivity index (χ2n) is 5.28. The van der Waals surface area contributed by atoms with E-state index in [1.807, 2.05) is 0 Å². The lowest BCUT2D eigenvalue weighted by atomic mass is 10.3. The molecule has 0 spiro atoms. The molecule has 1 aromatic heterocycles. The summed E-state index contributed by atoms with van der Waals surface area (Å²) in [6.07, 6.45) is 3.31. The van der Waals surface area contributed by atoms with E-state index in [4.69, 9.17) is 4.42 Å². The molecule has 0 bridgehead atoms. The van der Waals surface area contributed by atoms with Gasteiger partial charge < -0.3 is 9.32 Å². The Morgan fingerprint density at radius 2 is 1.62 bits per heavy atom. The standard InChI is InChI=1S/C13H19N3O4S/c17-13(12-4-3-11-20-12)14-7-9-16(10-8-14)21(18,19)15-5-1-2-6-15/h3-4,11H,1-2,5-10H2. The molecule has 1 amide bonds. The number of hydrogen-bond donors (Lipinski definition) is 0. The Morgan fingerprint density at radius 3 is 2.19 bits per heavy atom. The number of amides is 1. The first-order valence-electron chi connectivity index (χ1n) is 7.17. The average molecular weight is 313 g/mol. The zero-order valence-corrected chi connectivity index (χ0v) is 12.6. The van der Waals surface area contributed by atoms with Gasteiger partial charge in [-0.3, -0.25) is 4.79 Å². The van der Waals surface area contributed by atoms with Crippen molar-refractivity contribution in [3.8, 4) is 0 Å². The van der Waals surface area contributed by atoms with Crippen molar-refractivity contribution in [1.82, 2.24) is 13.5 Å². The molecule has 7 nitrogen and oxygen atoms in total. The highest BCUT2D eigenvalue weighted by Crippen LogP contribution is 2.18. The van der Waals surface area contributed by atoms with Crippen molar-refractivity contribution >= 4 is 16.1 Å². The van der Waals surface area contributed by atoms with Crippen molar-refractivity contribution in [2.24, 2.45) is 0 Å². The Bertz CT molecular complexity index is 585. The lowest BCUT2D eigenvalue weighted by Gasteiger charge is -2.35. The van der Waals surface area contributed by atoms with Gasteiger partial charge in [-0.25, -0.2) is 0 Å². The third-order valence-electron chi connectivity index (χ3n) is 3.98. The molecule has 3 rings (SSSR count). The molecule has 0 aliphatic carbocycles. The number of furan rings is 1. The third kappa shape index (κ3) is 2.83. The predicted molar refractivity (Wildman–Crippen MR) is 75.9 cm³/mol. The number of carbonyl (C=O) groups is 1. The molecule has 116 valence electrons. The average Bonchev–Trinajstić information content (AvgIpc) is 3.19. The van der Waals surface area contributed by atoms with Gasteiger partial charge in [-0.1, -0.05) is 0 Å². The Hall–Kier alpha value is -1.38. The lowest BCUT2D eigenvalue weighted by Crippen LogP contribution is -2.53. The van der Waals surface area contributed by atoms with Gasteiger partial charge in [0.2, 0.25) is 0 Å². The summed E-state index contributed by atoms with van der Waals surface area (Å²) in [5.74, 6) is 0.115. The number of rotatable bonds is 3. The van der Waals surface area contributed by atoms with Crippen LogP contribution in [0.5, 0.6) is 0 Å². The van der Waals surface area contributed by atoms with Crippen LogP contribution >= 0.6 is 0 Å². The summed E-state index contributed by atoms with van der Waals surface area (Å²) in [6, 6.07) is 3.29. The third-order valence-corrected chi connectivity index (χ3v) is 6.01. The van der Waals surface area contributed by atoms with Crippen molar-refractivity contribution in [2.75, 3.05) is 39.3 Å². The first kappa shape index (κ1) is 14.6. The Morgan fingerprint density at radius 1 is 1.00 bits per heavy atom. The van der Waals surface area contributed by atoms with Crippen LogP contribution in [-0.2, 0) is 10.2 Å². The van der Waals surface area contributed by atoms with Crippen LogP contribution < -0.4 is 0 Å². The van der Waals surface area contributed by atoms with Crippen LogP contribution in [0.2, 0.25) is 0 Å².